The van der Waals surface area contributed by atoms with Gasteiger partial charge in [-0.2, -0.15) is 13.2 Å². The molecule has 0 aliphatic rings. The number of aromatic nitrogens is 1. The van der Waals surface area contributed by atoms with Crippen molar-refractivity contribution >= 4 is 10.9 Å². The number of ether oxygens (including phenoxy) is 1. The van der Waals surface area contributed by atoms with Crippen LogP contribution in [-0.4, -0.2) is 23.9 Å². The molecular formula is C13H15F3N2O. The Bertz CT molecular complexity index is 548. The third kappa shape index (κ3) is 3.71. The Morgan fingerprint density at radius 1 is 1.21 bits per heavy atom. The molecule has 19 heavy (non-hydrogen) atoms. The quantitative estimate of drug-likeness (QED) is 0.909. The zero-order chi connectivity index (χ0) is 13.9. The van der Waals surface area contributed by atoms with Crippen LogP contribution < -0.4 is 5.73 Å². The third-order valence-corrected chi connectivity index (χ3v) is 2.76. The number of fused-ring (bicyclic) bond motifs is 1. The molecular weight excluding hydrogens is 257 g/mol. The van der Waals surface area contributed by atoms with Crippen LogP contribution in [0.3, 0.4) is 0 Å². The van der Waals surface area contributed by atoms with E-state index in [1.807, 2.05) is 24.3 Å². The van der Waals surface area contributed by atoms with Gasteiger partial charge >= 0.3 is 6.18 Å². The maximum atomic E-state index is 12.0. The van der Waals surface area contributed by atoms with Crippen molar-refractivity contribution in [3.63, 3.8) is 0 Å². The third-order valence-electron chi connectivity index (χ3n) is 2.76. The van der Waals surface area contributed by atoms with Gasteiger partial charge in [0.15, 0.2) is 0 Å². The van der Waals surface area contributed by atoms with E-state index < -0.39 is 12.8 Å². The van der Waals surface area contributed by atoms with Crippen molar-refractivity contribution in [3.05, 3.63) is 36.0 Å². The maximum absolute atomic E-state index is 12.0. The Morgan fingerprint density at radius 3 is 2.68 bits per heavy atom. The largest absolute Gasteiger partial charge is 0.411 e. The van der Waals surface area contributed by atoms with E-state index in [2.05, 4.69) is 4.74 Å². The lowest BCUT2D eigenvalue weighted by Crippen LogP contribution is -2.18. The van der Waals surface area contributed by atoms with Gasteiger partial charge in [-0.25, -0.2) is 0 Å². The van der Waals surface area contributed by atoms with Crippen LogP contribution in [-0.2, 0) is 17.9 Å². The first-order valence-electron chi connectivity index (χ1n) is 5.92. The minimum atomic E-state index is -4.29. The number of benzene rings is 1. The Kier molecular flexibility index (Phi) is 4.11. The minimum absolute atomic E-state index is 0.112. The number of hydrogen-bond donors (Lipinski definition) is 1. The highest BCUT2D eigenvalue weighted by Crippen LogP contribution is 2.19. The van der Waals surface area contributed by atoms with Crippen molar-refractivity contribution in [1.82, 2.24) is 4.57 Å². The highest BCUT2D eigenvalue weighted by Gasteiger charge is 2.27. The van der Waals surface area contributed by atoms with Crippen LogP contribution in [0.1, 0.15) is 5.56 Å². The molecule has 0 saturated heterocycles. The molecule has 0 aliphatic heterocycles. The fraction of sp³-hybridized carbons (Fsp3) is 0.385. The summed E-state index contributed by atoms with van der Waals surface area (Å²) < 4.78 is 42.3. The van der Waals surface area contributed by atoms with Gasteiger partial charge in [0.05, 0.1) is 0 Å². The lowest BCUT2D eigenvalue weighted by Gasteiger charge is -2.09. The van der Waals surface area contributed by atoms with Gasteiger partial charge in [-0.3, -0.25) is 0 Å². The van der Waals surface area contributed by atoms with Crippen molar-refractivity contribution in [3.8, 4) is 0 Å². The summed E-state index contributed by atoms with van der Waals surface area (Å²) in [6, 6.07) is 7.64. The van der Waals surface area contributed by atoms with Crippen molar-refractivity contribution < 1.29 is 17.9 Å². The summed E-state index contributed by atoms with van der Waals surface area (Å²) in [7, 11) is 0. The molecule has 0 radical (unpaired) electrons. The average molecular weight is 272 g/mol. The highest BCUT2D eigenvalue weighted by molar-refractivity contribution is 5.80. The number of halogens is 3. The number of nitrogens with two attached hydrogens (primary N) is 1. The minimum Gasteiger partial charge on any atom is -0.351 e. The first-order valence-corrected chi connectivity index (χ1v) is 5.92. The van der Waals surface area contributed by atoms with Crippen LogP contribution in [0.5, 0.6) is 0 Å². The van der Waals surface area contributed by atoms with E-state index >= 15 is 0 Å². The molecule has 0 spiro atoms. The monoisotopic (exact) mass is 272 g/mol. The molecule has 1 heterocycles. The average Bonchev–Trinajstić information content (AvgIpc) is 2.71. The second-order valence-corrected chi connectivity index (χ2v) is 4.31. The summed E-state index contributed by atoms with van der Waals surface area (Å²) >= 11 is 0. The van der Waals surface area contributed by atoms with Gasteiger partial charge in [-0.1, -0.05) is 6.07 Å². The molecule has 0 aliphatic carbocycles. The van der Waals surface area contributed by atoms with Crippen LogP contribution >= 0.6 is 0 Å². The molecule has 0 atom stereocenters. The summed E-state index contributed by atoms with van der Waals surface area (Å²) in [5.41, 5.74) is 7.45. The Hall–Kier alpha value is -1.53. The van der Waals surface area contributed by atoms with Gasteiger partial charge in [-0.05, 0) is 42.1 Å². The summed E-state index contributed by atoms with van der Waals surface area (Å²) in [6.45, 7) is -0.780. The summed E-state index contributed by atoms with van der Waals surface area (Å²) in [5, 5.41) is 0.974. The highest BCUT2D eigenvalue weighted by atomic mass is 19.4. The van der Waals surface area contributed by atoms with Crippen LogP contribution in [0.2, 0.25) is 0 Å². The molecule has 6 heteroatoms. The smallest absolute Gasteiger partial charge is 0.351 e. The normalized spacial score (nSPS) is 12.2. The fourth-order valence-corrected chi connectivity index (χ4v) is 1.94. The second-order valence-electron chi connectivity index (χ2n) is 4.31. The van der Waals surface area contributed by atoms with Gasteiger partial charge in [0.25, 0.3) is 0 Å². The van der Waals surface area contributed by atoms with Crippen molar-refractivity contribution in [2.45, 2.75) is 19.3 Å². The Balaban J connectivity index is 2.08. The van der Waals surface area contributed by atoms with Crippen LogP contribution in [0.15, 0.2) is 30.5 Å². The lowest BCUT2D eigenvalue weighted by molar-refractivity contribution is -0.181. The Morgan fingerprint density at radius 2 is 2.00 bits per heavy atom. The van der Waals surface area contributed by atoms with Gasteiger partial charge in [0.2, 0.25) is 0 Å². The van der Waals surface area contributed by atoms with Crippen molar-refractivity contribution in [2.24, 2.45) is 5.73 Å². The van der Waals surface area contributed by atoms with Crippen molar-refractivity contribution in [2.75, 3.05) is 13.2 Å². The van der Waals surface area contributed by atoms with Crippen molar-refractivity contribution in [1.29, 1.82) is 0 Å². The summed E-state index contributed by atoms with van der Waals surface area (Å²) in [5.74, 6) is 0. The second kappa shape index (κ2) is 5.63. The SMILES string of the molecule is NCCc1ccc2c(ccn2COCC(F)(F)F)c1. The summed E-state index contributed by atoms with van der Waals surface area (Å²) in [4.78, 5) is 0. The molecule has 0 amide bonds. The maximum Gasteiger partial charge on any atom is 0.411 e. The standard InChI is InChI=1S/C13H15F3N2O/c14-13(15,16)8-19-9-18-6-4-11-7-10(3-5-17)1-2-12(11)18/h1-2,4,6-7H,3,5,8-9,17H2. The molecule has 0 fully saturated rings. The topological polar surface area (TPSA) is 40.2 Å². The molecule has 2 aromatic rings. The Labute approximate surface area is 108 Å². The molecule has 3 nitrogen and oxygen atoms in total. The fourth-order valence-electron chi connectivity index (χ4n) is 1.94. The number of alkyl halides is 3. The van der Waals surface area contributed by atoms with E-state index in [1.54, 1.807) is 10.8 Å². The summed E-state index contributed by atoms with van der Waals surface area (Å²) in [6.07, 6.45) is -1.80. The first-order chi connectivity index (χ1) is 8.99. The number of nitrogens with zero attached hydrogens (tertiary/aromatic N) is 1. The van der Waals surface area contributed by atoms with E-state index in [0.717, 1.165) is 22.9 Å². The van der Waals surface area contributed by atoms with Crippen LogP contribution in [0, 0.1) is 0 Å². The molecule has 2 N–H and O–H groups in total. The predicted octanol–water partition coefficient (Wildman–Crippen LogP) is 2.68. The van der Waals surface area contributed by atoms with E-state index in [-0.39, 0.29) is 6.73 Å². The van der Waals surface area contributed by atoms with Gasteiger partial charge < -0.3 is 15.0 Å². The molecule has 2 rings (SSSR count). The van der Waals surface area contributed by atoms with E-state index in [0.29, 0.717) is 6.54 Å². The molecule has 1 aromatic heterocycles. The van der Waals surface area contributed by atoms with Gasteiger partial charge in [-0.15, -0.1) is 0 Å². The van der Waals surface area contributed by atoms with E-state index in [9.17, 15) is 13.2 Å². The molecule has 0 unspecified atom stereocenters. The molecule has 1 aromatic carbocycles. The predicted molar refractivity (Wildman–Crippen MR) is 66.7 cm³/mol. The van der Waals surface area contributed by atoms with Gasteiger partial charge in [0, 0.05) is 11.7 Å². The van der Waals surface area contributed by atoms with E-state index in [4.69, 9.17) is 5.73 Å². The zero-order valence-electron chi connectivity index (χ0n) is 10.3. The molecule has 0 bridgehead atoms. The zero-order valence-corrected chi connectivity index (χ0v) is 10.3. The van der Waals surface area contributed by atoms with Gasteiger partial charge in [0.1, 0.15) is 13.3 Å². The number of rotatable bonds is 5. The lowest BCUT2D eigenvalue weighted by atomic mass is 10.1. The first kappa shape index (κ1) is 13.9. The van der Waals surface area contributed by atoms with Crippen LogP contribution in [0.4, 0.5) is 13.2 Å². The van der Waals surface area contributed by atoms with E-state index in [1.165, 1.54) is 0 Å². The molecule has 104 valence electrons. The number of hydrogen-bond acceptors (Lipinski definition) is 2. The molecule has 0 saturated carbocycles. The van der Waals surface area contributed by atoms with Crippen LogP contribution in [0.25, 0.3) is 10.9 Å².